The van der Waals surface area contributed by atoms with Crippen molar-refractivity contribution in [1.82, 2.24) is 0 Å². The largest absolute Gasteiger partial charge is 0.299 e. The van der Waals surface area contributed by atoms with Crippen LogP contribution in [0.15, 0.2) is 60.7 Å². The smallest absolute Gasteiger partial charge is 0.136 e. The molecular formula is C20H18O. The Morgan fingerprint density at radius 3 is 1.90 bits per heavy atom. The topological polar surface area (TPSA) is 17.1 Å². The fraction of sp³-hybridized carbons (Fsp3) is 0.350. The van der Waals surface area contributed by atoms with E-state index in [2.05, 4.69) is 60.7 Å². The minimum atomic E-state index is 0.113. The van der Waals surface area contributed by atoms with Crippen LogP contribution in [-0.4, -0.2) is 5.78 Å². The molecule has 104 valence electrons. The lowest BCUT2D eigenvalue weighted by Crippen LogP contribution is -2.21. The standard InChI is InChI=1S/C20H18O/c21-17-12-13-11-16(17)19-18(13)20(19,14-7-3-1-4-8-14)15-9-5-2-6-10-15/h1-10,13,16,18-19H,11-12H2/t13-,16+,18+,19+/m1/s1. The van der Waals surface area contributed by atoms with Crippen LogP contribution in [0.1, 0.15) is 24.0 Å². The molecule has 21 heavy (non-hydrogen) atoms. The lowest BCUT2D eigenvalue weighted by atomic mass is 9.78. The average molecular weight is 274 g/mol. The highest BCUT2D eigenvalue weighted by Crippen LogP contribution is 2.77. The Labute approximate surface area is 125 Å². The van der Waals surface area contributed by atoms with Crippen LogP contribution in [0.5, 0.6) is 0 Å². The minimum absolute atomic E-state index is 0.113. The molecule has 3 saturated carbocycles. The van der Waals surface area contributed by atoms with Gasteiger partial charge in [0.1, 0.15) is 5.78 Å². The summed E-state index contributed by atoms with van der Waals surface area (Å²) in [6.45, 7) is 0. The molecule has 1 heteroatoms. The molecule has 4 atom stereocenters. The Kier molecular flexibility index (Phi) is 2.15. The third-order valence-electron chi connectivity index (χ3n) is 6.21. The van der Waals surface area contributed by atoms with E-state index in [-0.39, 0.29) is 5.41 Å². The van der Waals surface area contributed by atoms with Crippen molar-refractivity contribution < 1.29 is 4.79 Å². The van der Waals surface area contributed by atoms with E-state index in [9.17, 15) is 4.79 Å². The molecule has 0 aromatic heterocycles. The Hall–Kier alpha value is -1.89. The maximum absolute atomic E-state index is 12.2. The molecule has 1 nitrogen and oxygen atoms in total. The highest BCUT2D eigenvalue weighted by atomic mass is 16.1. The van der Waals surface area contributed by atoms with Gasteiger partial charge in [0, 0.05) is 17.8 Å². The predicted molar refractivity (Wildman–Crippen MR) is 81.9 cm³/mol. The fourth-order valence-electron chi connectivity index (χ4n) is 5.61. The molecule has 2 aromatic rings. The zero-order valence-corrected chi connectivity index (χ0v) is 11.9. The number of carbonyl (C=O) groups excluding carboxylic acids is 1. The minimum Gasteiger partial charge on any atom is -0.299 e. The van der Waals surface area contributed by atoms with E-state index in [1.807, 2.05) is 0 Å². The molecule has 0 amide bonds. The number of ketones is 1. The Bertz CT molecular complexity index is 664. The van der Waals surface area contributed by atoms with Gasteiger partial charge < -0.3 is 0 Å². The van der Waals surface area contributed by atoms with Crippen molar-refractivity contribution in [2.24, 2.45) is 23.7 Å². The first kappa shape index (κ1) is 11.7. The van der Waals surface area contributed by atoms with Crippen molar-refractivity contribution in [3.63, 3.8) is 0 Å². The normalized spacial score (nSPS) is 34.8. The van der Waals surface area contributed by atoms with E-state index in [1.54, 1.807) is 0 Å². The van der Waals surface area contributed by atoms with Crippen LogP contribution in [0.25, 0.3) is 0 Å². The summed E-state index contributed by atoms with van der Waals surface area (Å²) < 4.78 is 0. The second kappa shape index (κ2) is 3.85. The molecule has 0 unspecified atom stereocenters. The van der Waals surface area contributed by atoms with Crippen molar-refractivity contribution in [2.45, 2.75) is 18.3 Å². The third kappa shape index (κ3) is 1.30. The number of carbonyl (C=O) groups is 1. The van der Waals surface area contributed by atoms with Crippen LogP contribution in [0.4, 0.5) is 0 Å². The second-order valence-corrected chi connectivity index (χ2v) is 6.93. The molecule has 5 rings (SSSR count). The van der Waals surface area contributed by atoms with Gasteiger partial charge in [0.15, 0.2) is 0 Å². The summed E-state index contributed by atoms with van der Waals surface area (Å²) in [6, 6.07) is 21.8. The van der Waals surface area contributed by atoms with Gasteiger partial charge in [0.25, 0.3) is 0 Å². The van der Waals surface area contributed by atoms with E-state index in [1.165, 1.54) is 11.1 Å². The van der Waals surface area contributed by atoms with E-state index in [0.29, 0.717) is 29.5 Å². The van der Waals surface area contributed by atoms with Gasteiger partial charge in [-0.1, -0.05) is 60.7 Å². The maximum Gasteiger partial charge on any atom is 0.136 e. The summed E-state index contributed by atoms with van der Waals surface area (Å²) in [6.07, 6.45) is 1.98. The molecule has 0 heterocycles. The Balaban J connectivity index is 1.71. The van der Waals surface area contributed by atoms with Crippen LogP contribution in [0.2, 0.25) is 0 Å². The maximum atomic E-state index is 12.2. The fourth-order valence-corrected chi connectivity index (χ4v) is 5.61. The van der Waals surface area contributed by atoms with Crippen molar-refractivity contribution in [1.29, 1.82) is 0 Å². The number of benzene rings is 2. The SMILES string of the molecule is O=C1C[C@H]2C[C@@H]1[C@H]1[C@H]2C1(c1ccccc1)c1ccccc1. The van der Waals surface area contributed by atoms with Gasteiger partial charge in [-0.25, -0.2) is 0 Å². The van der Waals surface area contributed by atoms with Crippen LogP contribution in [0.3, 0.4) is 0 Å². The molecule has 3 aliphatic rings. The molecule has 3 aliphatic carbocycles. The third-order valence-corrected chi connectivity index (χ3v) is 6.21. The molecule has 0 spiro atoms. The van der Waals surface area contributed by atoms with Gasteiger partial charge >= 0.3 is 0 Å². The summed E-state index contributed by atoms with van der Waals surface area (Å²) in [7, 11) is 0. The number of hydrogen-bond acceptors (Lipinski definition) is 1. The monoisotopic (exact) mass is 274 g/mol. The van der Waals surface area contributed by atoms with Gasteiger partial charge in [0.05, 0.1) is 0 Å². The van der Waals surface area contributed by atoms with Crippen molar-refractivity contribution in [3.05, 3.63) is 71.8 Å². The van der Waals surface area contributed by atoms with Gasteiger partial charge in [0.2, 0.25) is 0 Å². The molecule has 3 fully saturated rings. The molecule has 0 aliphatic heterocycles. The van der Waals surface area contributed by atoms with Crippen molar-refractivity contribution >= 4 is 5.78 Å². The number of rotatable bonds is 2. The number of fused-ring (bicyclic) bond motifs is 5. The zero-order valence-electron chi connectivity index (χ0n) is 11.9. The van der Waals surface area contributed by atoms with E-state index >= 15 is 0 Å². The van der Waals surface area contributed by atoms with E-state index in [0.717, 1.165) is 12.8 Å². The second-order valence-electron chi connectivity index (χ2n) is 6.93. The Morgan fingerprint density at radius 1 is 0.810 bits per heavy atom. The number of Topliss-reactive ketones (excluding diaryl/α,β-unsaturated/α-hetero) is 1. The Morgan fingerprint density at radius 2 is 1.38 bits per heavy atom. The highest BCUT2D eigenvalue weighted by Gasteiger charge is 2.77. The van der Waals surface area contributed by atoms with Gasteiger partial charge in [-0.15, -0.1) is 0 Å². The van der Waals surface area contributed by atoms with Crippen LogP contribution >= 0.6 is 0 Å². The molecule has 0 N–H and O–H groups in total. The zero-order chi connectivity index (χ0) is 14.0. The summed E-state index contributed by atoms with van der Waals surface area (Å²) in [5.74, 6) is 2.70. The molecule has 2 aromatic carbocycles. The molecule has 2 bridgehead atoms. The summed E-state index contributed by atoms with van der Waals surface area (Å²) >= 11 is 0. The molecule has 0 radical (unpaired) electrons. The molecule has 0 saturated heterocycles. The van der Waals surface area contributed by atoms with E-state index in [4.69, 9.17) is 0 Å². The van der Waals surface area contributed by atoms with Gasteiger partial charge in [-0.05, 0) is 35.3 Å². The average Bonchev–Trinajstić information content (AvgIpc) is 2.93. The van der Waals surface area contributed by atoms with Crippen molar-refractivity contribution in [2.75, 3.05) is 0 Å². The van der Waals surface area contributed by atoms with Crippen LogP contribution in [-0.2, 0) is 10.2 Å². The quantitative estimate of drug-likeness (QED) is 0.813. The first-order valence-corrected chi connectivity index (χ1v) is 7.97. The lowest BCUT2D eigenvalue weighted by Gasteiger charge is -2.24. The van der Waals surface area contributed by atoms with E-state index < -0.39 is 0 Å². The van der Waals surface area contributed by atoms with Crippen LogP contribution in [0, 0.1) is 23.7 Å². The van der Waals surface area contributed by atoms with Gasteiger partial charge in [-0.3, -0.25) is 4.79 Å². The summed E-state index contributed by atoms with van der Waals surface area (Å²) in [5.41, 5.74) is 2.94. The van der Waals surface area contributed by atoms with Gasteiger partial charge in [-0.2, -0.15) is 0 Å². The highest BCUT2D eigenvalue weighted by molar-refractivity contribution is 5.87. The number of hydrogen-bond donors (Lipinski definition) is 0. The first-order valence-electron chi connectivity index (χ1n) is 7.97. The predicted octanol–water partition coefficient (Wildman–Crippen LogP) is 3.83. The summed E-state index contributed by atoms with van der Waals surface area (Å²) in [5, 5.41) is 0. The van der Waals surface area contributed by atoms with Crippen molar-refractivity contribution in [3.8, 4) is 0 Å². The molecular weight excluding hydrogens is 256 g/mol. The van der Waals surface area contributed by atoms with Crippen LogP contribution < -0.4 is 0 Å². The summed E-state index contributed by atoms with van der Waals surface area (Å²) in [4.78, 5) is 12.2. The lowest BCUT2D eigenvalue weighted by molar-refractivity contribution is -0.122. The first-order chi connectivity index (χ1) is 10.3.